The fraction of sp³-hybridized carbons (Fsp3) is 0.389. The molecule has 134 valence electrons. The van der Waals surface area contributed by atoms with Crippen LogP contribution in [0.4, 0.5) is 0 Å². The smallest absolute Gasteiger partial charge is 0.265 e. The van der Waals surface area contributed by atoms with Gasteiger partial charge in [0.2, 0.25) is 11.8 Å². The molecule has 1 aromatic heterocycles. The third kappa shape index (κ3) is 4.85. The Morgan fingerprint density at radius 2 is 1.92 bits per heavy atom. The summed E-state index contributed by atoms with van der Waals surface area (Å²) in [6.07, 6.45) is 0.375. The Hall–Kier alpha value is -2.28. The van der Waals surface area contributed by atoms with E-state index < -0.39 is 0 Å². The summed E-state index contributed by atoms with van der Waals surface area (Å²) in [7, 11) is 0. The van der Waals surface area contributed by atoms with E-state index in [0.29, 0.717) is 12.1 Å². The molecule has 0 aliphatic carbocycles. The second-order valence-electron chi connectivity index (χ2n) is 6.61. The summed E-state index contributed by atoms with van der Waals surface area (Å²) in [5.41, 5.74) is 0.249. The maximum Gasteiger partial charge on any atom is 0.265 e. The molecule has 2 aromatic rings. The molecule has 0 saturated carbocycles. The van der Waals surface area contributed by atoms with Gasteiger partial charge in [0.1, 0.15) is 0 Å². The van der Waals surface area contributed by atoms with Gasteiger partial charge in [-0.15, -0.1) is 0 Å². The van der Waals surface area contributed by atoms with Crippen LogP contribution >= 0.6 is 11.8 Å². The number of nitrogens with zero attached hydrogens (tertiary/aromatic N) is 2. The predicted molar refractivity (Wildman–Crippen MR) is 99.5 cm³/mol. The van der Waals surface area contributed by atoms with E-state index in [1.54, 1.807) is 19.1 Å². The van der Waals surface area contributed by atoms with Crippen LogP contribution in [-0.4, -0.2) is 31.9 Å². The fourth-order valence-electron chi connectivity index (χ4n) is 2.32. The third-order valence-corrected chi connectivity index (χ3v) is 4.28. The lowest BCUT2D eigenvalue weighted by molar-refractivity contribution is -0.119. The van der Waals surface area contributed by atoms with Crippen molar-refractivity contribution in [1.29, 1.82) is 0 Å². The van der Waals surface area contributed by atoms with E-state index in [4.69, 9.17) is 0 Å². The molecule has 6 nitrogen and oxygen atoms in total. The molecular weight excluding hydrogens is 338 g/mol. The van der Waals surface area contributed by atoms with Crippen molar-refractivity contribution in [2.24, 2.45) is 0 Å². The number of para-hydroxylation sites is 1. The summed E-state index contributed by atoms with van der Waals surface area (Å²) in [5.74, 6) is -0.342. The summed E-state index contributed by atoms with van der Waals surface area (Å²) >= 11 is 1.12. The lowest BCUT2D eigenvalue weighted by atomic mass is 10.1. The number of aromatic nitrogens is 2. The highest BCUT2D eigenvalue weighted by atomic mass is 32.2. The van der Waals surface area contributed by atoms with E-state index in [2.05, 4.69) is 10.3 Å². The number of hydrogen-bond acceptors (Lipinski definition) is 5. The summed E-state index contributed by atoms with van der Waals surface area (Å²) in [6, 6.07) is 9.08. The molecule has 0 spiro atoms. The summed E-state index contributed by atoms with van der Waals surface area (Å²) in [5, 5.41) is 13.2. The van der Waals surface area contributed by atoms with Crippen molar-refractivity contribution in [1.82, 2.24) is 14.9 Å². The molecule has 0 bridgehead atoms. The predicted octanol–water partition coefficient (Wildman–Crippen LogP) is 2.51. The van der Waals surface area contributed by atoms with Crippen molar-refractivity contribution < 1.29 is 9.90 Å². The minimum Gasteiger partial charge on any atom is -0.493 e. The maximum absolute atomic E-state index is 12.8. The van der Waals surface area contributed by atoms with Gasteiger partial charge in [-0.2, -0.15) is 4.98 Å². The van der Waals surface area contributed by atoms with Gasteiger partial charge in [-0.25, -0.2) is 0 Å². The number of thioether (sulfide) groups is 1. The van der Waals surface area contributed by atoms with Crippen molar-refractivity contribution in [3.63, 3.8) is 0 Å². The van der Waals surface area contributed by atoms with Crippen LogP contribution in [0.1, 0.15) is 33.3 Å². The molecule has 0 unspecified atom stereocenters. The van der Waals surface area contributed by atoms with Crippen molar-refractivity contribution in [3.05, 3.63) is 46.2 Å². The van der Waals surface area contributed by atoms with E-state index in [0.717, 1.165) is 11.8 Å². The van der Waals surface area contributed by atoms with Gasteiger partial charge in [0, 0.05) is 5.54 Å². The maximum atomic E-state index is 12.8. The molecule has 0 aliphatic heterocycles. The zero-order valence-electron chi connectivity index (χ0n) is 14.9. The molecule has 0 radical (unpaired) electrons. The van der Waals surface area contributed by atoms with Gasteiger partial charge in [0.25, 0.3) is 5.56 Å². The molecule has 0 atom stereocenters. The van der Waals surface area contributed by atoms with Crippen LogP contribution in [-0.2, 0) is 11.2 Å². The van der Waals surface area contributed by atoms with Crippen molar-refractivity contribution >= 4 is 17.7 Å². The van der Waals surface area contributed by atoms with Crippen LogP contribution in [0.25, 0.3) is 5.69 Å². The normalized spacial score (nSPS) is 11.4. The monoisotopic (exact) mass is 361 g/mol. The Morgan fingerprint density at radius 3 is 2.48 bits per heavy atom. The molecular formula is C18H23N3O3S. The second kappa shape index (κ2) is 7.74. The SMILES string of the molecule is CCc1c(O)nc(SCC(=O)NC(C)(C)C)n(-c2ccccc2)c1=O. The zero-order chi connectivity index (χ0) is 18.6. The van der Waals surface area contributed by atoms with Crippen LogP contribution in [0.5, 0.6) is 5.88 Å². The topological polar surface area (TPSA) is 84.2 Å². The third-order valence-electron chi connectivity index (χ3n) is 3.34. The molecule has 2 N–H and O–H groups in total. The molecule has 1 heterocycles. The molecule has 0 saturated heterocycles. The Bertz CT molecular complexity index is 811. The number of rotatable bonds is 5. The summed E-state index contributed by atoms with van der Waals surface area (Å²) < 4.78 is 1.44. The highest BCUT2D eigenvalue weighted by Gasteiger charge is 2.19. The number of amides is 1. The Balaban J connectivity index is 2.40. The number of aromatic hydroxyl groups is 1. The average Bonchev–Trinajstić information content (AvgIpc) is 2.52. The molecule has 0 fully saturated rings. The van der Waals surface area contributed by atoms with Crippen LogP contribution < -0.4 is 10.9 Å². The highest BCUT2D eigenvalue weighted by Crippen LogP contribution is 2.22. The largest absolute Gasteiger partial charge is 0.493 e. The van der Waals surface area contributed by atoms with Gasteiger partial charge in [-0.3, -0.25) is 14.2 Å². The van der Waals surface area contributed by atoms with Crippen LogP contribution in [0.3, 0.4) is 0 Å². The van der Waals surface area contributed by atoms with Gasteiger partial charge in [-0.05, 0) is 39.3 Å². The number of carbonyl (C=O) groups is 1. The number of nitrogens with one attached hydrogen (secondary N) is 1. The Kier molecular flexibility index (Phi) is 5.89. The average molecular weight is 361 g/mol. The molecule has 1 amide bonds. The summed E-state index contributed by atoms with van der Waals surface area (Å²) in [6.45, 7) is 7.48. The van der Waals surface area contributed by atoms with Crippen LogP contribution in [0.15, 0.2) is 40.3 Å². The van der Waals surface area contributed by atoms with E-state index in [-0.39, 0.29) is 39.4 Å². The van der Waals surface area contributed by atoms with E-state index >= 15 is 0 Å². The van der Waals surface area contributed by atoms with E-state index in [1.165, 1.54) is 4.57 Å². The molecule has 25 heavy (non-hydrogen) atoms. The zero-order valence-corrected chi connectivity index (χ0v) is 15.7. The number of benzene rings is 1. The van der Waals surface area contributed by atoms with Gasteiger partial charge in [0.05, 0.1) is 17.0 Å². The van der Waals surface area contributed by atoms with Gasteiger partial charge >= 0.3 is 0 Å². The molecule has 2 rings (SSSR count). The van der Waals surface area contributed by atoms with Crippen molar-refractivity contribution in [3.8, 4) is 11.6 Å². The first-order valence-corrected chi connectivity index (χ1v) is 9.05. The van der Waals surface area contributed by atoms with E-state index in [1.807, 2.05) is 39.0 Å². The fourth-order valence-corrected chi connectivity index (χ4v) is 3.12. The lowest BCUT2D eigenvalue weighted by Gasteiger charge is -2.20. The first-order chi connectivity index (χ1) is 11.7. The van der Waals surface area contributed by atoms with Gasteiger partial charge < -0.3 is 10.4 Å². The molecule has 7 heteroatoms. The lowest BCUT2D eigenvalue weighted by Crippen LogP contribution is -2.41. The van der Waals surface area contributed by atoms with Crippen LogP contribution in [0, 0.1) is 0 Å². The highest BCUT2D eigenvalue weighted by molar-refractivity contribution is 7.99. The number of carbonyl (C=O) groups excluding carboxylic acids is 1. The first-order valence-electron chi connectivity index (χ1n) is 8.07. The standard InChI is InChI=1S/C18H23N3O3S/c1-5-13-15(23)19-17(25-11-14(22)20-18(2,3)4)21(16(13)24)12-9-7-6-8-10-12/h6-10,23H,5,11H2,1-4H3,(H,20,22). The van der Waals surface area contributed by atoms with Crippen molar-refractivity contribution in [2.45, 2.75) is 44.8 Å². The number of hydrogen-bond donors (Lipinski definition) is 2. The van der Waals surface area contributed by atoms with Crippen molar-refractivity contribution in [2.75, 3.05) is 5.75 Å². The minimum absolute atomic E-state index is 0.0987. The summed E-state index contributed by atoms with van der Waals surface area (Å²) in [4.78, 5) is 29.0. The molecule has 1 aromatic carbocycles. The Labute approximate surface area is 151 Å². The minimum atomic E-state index is -0.335. The van der Waals surface area contributed by atoms with E-state index in [9.17, 15) is 14.7 Å². The van der Waals surface area contributed by atoms with Crippen LogP contribution in [0.2, 0.25) is 0 Å². The van der Waals surface area contributed by atoms with Gasteiger partial charge in [-0.1, -0.05) is 36.9 Å². The molecule has 0 aliphatic rings. The first kappa shape index (κ1) is 19.1. The quantitative estimate of drug-likeness (QED) is 0.631. The second-order valence-corrected chi connectivity index (χ2v) is 7.56. The van der Waals surface area contributed by atoms with Gasteiger partial charge in [0.15, 0.2) is 5.16 Å². The Morgan fingerprint density at radius 1 is 1.28 bits per heavy atom.